The fourth-order valence-electron chi connectivity index (χ4n) is 2.12. The molecule has 0 saturated heterocycles. The predicted molar refractivity (Wildman–Crippen MR) is 72.2 cm³/mol. The molecule has 0 unspecified atom stereocenters. The second kappa shape index (κ2) is 5.31. The molecule has 0 atom stereocenters. The third-order valence-corrected chi connectivity index (χ3v) is 3.22. The van der Waals surface area contributed by atoms with Gasteiger partial charge in [-0.15, -0.1) is 0 Å². The third kappa shape index (κ3) is 2.76. The lowest BCUT2D eigenvalue weighted by Crippen LogP contribution is -2.14. The molecule has 0 spiro atoms. The van der Waals surface area contributed by atoms with Crippen LogP contribution < -0.4 is 5.32 Å². The molecule has 0 saturated carbocycles. The average molecular weight is 244 g/mol. The summed E-state index contributed by atoms with van der Waals surface area (Å²) in [6.45, 7) is 7.90. The van der Waals surface area contributed by atoms with Crippen LogP contribution in [-0.4, -0.2) is 14.8 Å². The minimum Gasteiger partial charge on any atom is -0.308 e. The minimum atomic E-state index is 0.836. The van der Waals surface area contributed by atoms with Gasteiger partial charge in [0.25, 0.3) is 0 Å². The topological polar surface area (TPSA) is 42.7 Å². The maximum absolute atomic E-state index is 4.41. The van der Waals surface area contributed by atoms with Crippen LogP contribution in [0.5, 0.6) is 0 Å². The van der Waals surface area contributed by atoms with E-state index in [1.165, 1.54) is 22.4 Å². The molecule has 0 bridgehead atoms. The van der Waals surface area contributed by atoms with Crippen LogP contribution >= 0.6 is 0 Å². The van der Waals surface area contributed by atoms with Crippen molar-refractivity contribution in [3.63, 3.8) is 0 Å². The molecule has 1 N–H and O–H groups in total. The van der Waals surface area contributed by atoms with Crippen LogP contribution in [0.15, 0.2) is 18.5 Å². The highest BCUT2D eigenvalue weighted by Crippen LogP contribution is 2.11. The van der Waals surface area contributed by atoms with Gasteiger partial charge < -0.3 is 5.32 Å². The quantitative estimate of drug-likeness (QED) is 0.895. The summed E-state index contributed by atoms with van der Waals surface area (Å²) in [6.07, 6.45) is 3.78. The first kappa shape index (κ1) is 12.8. The van der Waals surface area contributed by atoms with E-state index in [2.05, 4.69) is 42.2 Å². The summed E-state index contributed by atoms with van der Waals surface area (Å²) in [6, 6.07) is 2.16. The summed E-state index contributed by atoms with van der Waals surface area (Å²) < 4.78 is 1.93. The Kier molecular flexibility index (Phi) is 3.77. The van der Waals surface area contributed by atoms with Gasteiger partial charge in [0.1, 0.15) is 0 Å². The summed E-state index contributed by atoms with van der Waals surface area (Å²) in [5.74, 6) is 0. The maximum Gasteiger partial charge on any atom is 0.0641 e. The lowest BCUT2D eigenvalue weighted by atomic mass is 10.2. The molecule has 2 rings (SSSR count). The van der Waals surface area contributed by atoms with Crippen molar-refractivity contribution in [2.75, 3.05) is 0 Å². The lowest BCUT2D eigenvalue weighted by molar-refractivity contribution is 0.682. The van der Waals surface area contributed by atoms with Gasteiger partial charge in [-0.1, -0.05) is 6.07 Å². The fraction of sp³-hybridized carbons (Fsp3) is 0.429. The number of rotatable bonds is 4. The second-order valence-corrected chi connectivity index (χ2v) is 4.75. The van der Waals surface area contributed by atoms with Crippen LogP contribution in [0.25, 0.3) is 0 Å². The monoisotopic (exact) mass is 244 g/mol. The molecular formula is C14H20N4. The summed E-state index contributed by atoms with van der Waals surface area (Å²) in [7, 11) is 1.98. The second-order valence-electron chi connectivity index (χ2n) is 4.75. The molecule has 4 nitrogen and oxygen atoms in total. The number of hydrogen-bond acceptors (Lipinski definition) is 3. The SMILES string of the molecule is Cc1cncc(CNCc2c(C)nn(C)c2C)c1. The van der Waals surface area contributed by atoms with E-state index in [4.69, 9.17) is 0 Å². The van der Waals surface area contributed by atoms with Crippen molar-refractivity contribution in [2.45, 2.75) is 33.9 Å². The molecule has 0 fully saturated rings. The van der Waals surface area contributed by atoms with Gasteiger partial charge in [0, 0.05) is 43.8 Å². The highest BCUT2D eigenvalue weighted by atomic mass is 15.3. The van der Waals surface area contributed by atoms with Crippen LogP contribution in [0, 0.1) is 20.8 Å². The molecule has 0 aliphatic rings. The molecule has 2 heterocycles. The Morgan fingerprint density at radius 1 is 1.17 bits per heavy atom. The van der Waals surface area contributed by atoms with Crippen LogP contribution in [0.2, 0.25) is 0 Å². The molecule has 2 aromatic heterocycles. The Balaban J connectivity index is 1.96. The van der Waals surface area contributed by atoms with Crippen molar-refractivity contribution in [3.05, 3.63) is 46.5 Å². The van der Waals surface area contributed by atoms with Gasteiger partial charge >= 0.3 is 0 Å². The van der Waals surface area contributed by atoms with Crippen molar-refractivity contribution in [2.24, 2.45) is 7.05 Å². The van der Waals surface area contributed by atoms with Gasteiger partial charge in [0.2, 0.25) is 0 Å². The van der Waals surface area contributed by atoms with E-state index in [0.29, 0.717) is 0 Å². The van der Waals surface area contributed by atoms with Crippen molar-refractivity contribution >= 4 is 0 Å². The average Bonchev–Trinajstić information content (AvgIpc) is 2.56. The Hall–Kier alpha value is -1.68. The first-order valence-electron chi connectivity index (χ1n) is 6.18. The maximum atomic E-state index is 4.41. The molecular weight excluding hydrogens is 224 g/mol. The third-order valence-electron chi connectivity index (χ3n) is 3.22. The smallest absolute Gasteiger partial charge is 0.0641 e. The van der Waals surface area contributed by atoms with Gasteiger partial charge in [0.15, 0.2) is 0 Å². The normalized spacial score (nSPS) is 10.9. The zero-order valence-corrected chi connectivity index (χ0v) is 11.5. The molecule has 0 aliphatic heterocycles. The zero-order valence-electron chi connectivity index (χ0n) is 11.5. The van der Waals surface area contributed by atoms with Crippen LogP contribution in [0.3, 0.4) is 0 Å². The molecule has 2 aromatic rings. The first-order chi connectivity index (χ1) is 8.58. The van der Waals surface area contributed by atoms with Gasteiger partial charge in [-0.2, -0.15) is 5.10 Å². The minimum absolute atomic E-state index is 0.836. The Bertz CT molecular complexity index is 543. The Morgan fingerprint density at radius 2 is 1.94 bits per heavy atom. The van der Waals surface area contributed by atoms with Gasteiger partial charge in [-0.3, -0.25) is 9.67 Å². The van der Waals surface area contributed by atoms with Crippen LogP contribution in [-0.2, 0) is 20.1 Å². The highest BCUT2D eigenvalue weighted by Gasteiger charge is 2.08. The molecule has 0 aromatic carbocycles. The first-order valence-corrected chi connectivity index (χ1v) is 6.18. The van der Waals surface area contributed by atoms with Crippen molar-refractivity contribution < 1.29 is 0 Å². The number of nitrogens with one attached hydrogen (secondary N) is 1. The number of hydrogen-bond donors (Lipinski definition) is 1. The molecule has 18 heavy (non-hydrogen) atoms. The summed E-state index contributed by atoms with van der Waals surface area (Å²) in [4.78, 5) is 4.19. The van der Waals surface area contributed by atoms with Gasteiger partial charge in [0.05, 0.1) is 5.69 Å². The van der Waals surface area contributed by atoms with Gasteiger partial charge in [-0.05, 0) is 31.9 Å². The summed E-state index contributed by atoms with van der Waals surface area (Å²) in [5.41, 5.74) is 6.03. The molecule has 0 aliphatic carbocycles. The standard InChI is InChI=1S/C14H20N4/c1-10-5-13(7-15-6-10)8-16-9-14-11(2)17-18(4)12(14)3/h5-7,16H,8-9H2,1-4H3. The highest BCUT2D eigenvalue weighted by molar-refractivity contribution is 5.24. The molecule has 0 radical (unpaired) electrons. The lowest BCUT2D eigenvalue weighted by Gasteiger charge is -2.06. The van der Waals surface area contributed by atoms with E-state index in [1.807, 2.05) is 24.1 Å². The molecule has 0 amide bonds. The van der Waals surface area contributed by atoms with E-state index >= 15 is 0 Å². The van der Waals surface area contributed by atoms with E-state index in [9.17, 15) is 0 Å². The Morgan fingerprint density at radius 3 is 2.56 bits per heavy atom. The predicted octanol–water partition coefficient (Wildman–Crippen LogP) is 2.03. The van der Waals surface area contributed by atoms with Crippen molar-refractivity contribution in [1.29, 1.82) is 0 Å². The molecule has 4 heteroatoms. The zero-order chi connectivity index (χ0) is 13.1. The van der Waals surface area contributed by atoms with Gasteiger partial charge in [-0.25, -0.2) is 0 Å². The van der Waals surface area contributed by atoms with E-state index in [-0.39, 0.29) is 0 Å². The van der Waals surface area contributed by atoms with E-state index in [0.717, 1.165) is 18.8 Å². The largest absolute Gasteiger partial charge is 0.308 e. The van der Waals surface area contributed by atoms with Crippen molar-refractivity contribution in [3.8, 4) is 0 Å². The Labute approximate surface area is 108 Å². The molecule has 96 valence electrons. The van der Waals surface area contributed by atoms with Crippen molar-refractivity contribution in [1.82, 2.24) is 20.1 Å². The number of aromatic nitrogens is 3. The van der Waals surface area contributed by atoms with E-state index in [1.54, 1.807) is 0 Å². The summed E-state index contributed by atoms with van der Waals surface area (Å²) in [5, 5.41) is 7.86. The number of nitrogens with zero attached hydrogens (tertiary/aromatic N) is 3. The number of pyridine rings is 1. The van der Waals surface area contributed by atoms with Crippen LogP contribution in [0.4, 0.5) is 0 Å². The van der Waals surface area contributed by atoms with Crippen LogP contribution in [0.1, 0.15) is 28.1 Å². The van der Waals surface area contributed by atoms with E-state index < -0.39 is 0 Å². The summed E-state index contributed by atoms with van der Waals surface area (Å²) >= 11 is 0. The number of aryl methyl sites for hydroxylation is 3. The fourth-order valence-corrected chi connectivity index (χ4v) is 2.12.